The number of nitrogens with one attached hydrogen (secondary N) is 1. The van der Waals surface area contributed by atoms with Crippen LogP contribution in [0.15, 0.2) is 0 Å². The topological polar surface area (TPSA) is 113 Å². The Bertz CT molecular complexity index is 323. The second-order valence-electron chi connectivity index (χ2n) is 4.23. The summed E-state index contributed by atoms with van der Waals surface area (Å²) in [5, 5.41) is 19.5. The van der Waals surface area contributed by atoms with E-state index in [0.29, 0.717) is 13.0 Å². The van der Waals surface area contributed by atoms with Crippen molar-refractivity contribution in [3.63, 3.8) is 0 Å². The van der Waals surface area contributed by atoms with Crippen molar-refractivity contribution in [1.29, 1.82) is 0 Å². The minimum Gasteiger partial charge on any atom is -0.481 e. The largest absolute Gasteiger partial charge is 0.481 e. The first-order chi connectivity index (χ1) is 8.49. The number of ether oxygens (including phenoxy) is 1. The lowest BCUT2D eigenvalue weighted by molar-refractivity contribution is -0.147. The van der Waals surface area contributed by atoms with Gasteiger partial charge < -0.3 is 20.3 Å². The number of carboxylic acids is 2. The molecule has 0 aromatic rings. The molecule has 18 heavy (non-hydrogen) atoms. The van der Waals surface area contributed by atoms with Crippen LogP contribution >= 0.6 is 0 Å². The second-order valence-corrected chi connectivity index (χ2v) is 4.23. The molecule has 0 aromatic heterocycles. The van der Waals surface area contributed by atoms with E-state index in [0.717, 1.165) is 12.8 Å². The molecule has 0 aromatic carbocycles. The van der Waals surface area contributed by atoms with E-state index in [9.17, 15) is 14.4 Å². The normalized spacial score (nSPS) is 20.3. The highest BCUT2D eigenvalue weighted by Crippen LogP contribution is 2.16. The highest BCUT2D eigenvalue weighted by atomic mass is 16.5. The molecule has 0 aliphatic carbocycles. The maximum atomic E-state index is 11.5. The van der Waals surface area contributed by atoms with Crippen LogP contribution in [-0.4, -0.2) is 46.8 Å². The third-order valence-corrected chi connectivity index (χ3v) is 2.73. The Morgan fingerprint density at radius 1 is 1.33 bits per heavy atom. The van der Waals surface area contributed by atoms with Crippen LogP contribution in [0.4, 0.5) is 0 Å². The highest BCUT2D eigenvalue weighted by Gasteiger charge is 2.23. The van der Waals surface area contributed by atoms with Crippen molar-refractivity contribution in [2.75, 3.05) is 6.61 Å². The Morgan fingerprint density at radius 3 is 2.56 bits per heavy atom. The maximum absolute atomic E-state index is 11.5. The monoisotopic (exact) mass is 259 g/mol. The fraction of sp³-hybridized carbons (Fsp3) is 0.727. The summed E-state index contributed by atoms with van der Waals surface area (Å²) in [7, 11) is 0. The van der Waals surface area contributed by atoms with E-state index in [1.165, 1.54) is 0 Å². The van der Waals surface area contributed by atoms with Gasteiger partial charge in [0, 0.05) is 13.0 Å². The molecule has 2 atom stereocenters. The van der Waals surface area contributed by atoms with Crippen molar-refractivity contribution >= 4 is 17.8 Å². The third kappa shape index (κ3) is 5.13. The van der Waals surface area contributed by atoms with Crippen molar-refractivity contribution < 1.29 is 29.3 Å². The first kappa shape index (κ1) is 14.4. The SMILES string of the molecule is O=C(O)C[C@@H](NC(=O)CCC1CCCO1)C(=O)O. The predicted octanol–water partition coefficient (Wildman–Crippen LogP) is -0.0103. The number of rotatable bonds is 7. The van der Waals surface area contributed by atoms with Gasteiger partial charge in [0.1, 0.15) is 6.04 Å². The van der Waals surface area contributed by atoms with E-state index in [2.05, 4.69) is 5.32 Å². The summed E-state index contributed by atoms with van der Waals surface area (Å²) in [5.74, 6) is -3.07. The summed E-state index contributed by atoms with van der Waals surface area (Å²) in [6.07, 6.45) is 1.99. The lowest BCUT2D eigenvalue weighted by Gasteiger charge is -2.13. The van der Waals surface area contributed by atoms with Crippen molar-refractivity contribution in [3.8, 4) is 0 Å². The summed E-state index contributed by atoms with van der Waals surface area (Å²) >= 11 is 0. The fourth-order valence-electron chi connectivity index (χ4n) is 1.81. The molecule has 1 aliphatic rings. The van der Waals surface area contributed by atoms with E-state index < -0.39 is 30.3 Å². The summed E-state index contributed by atoms with van der Waals surface area (Å²) in [5.41, 5.74) is 0. The number of amides is 1. The highest BCUT2D eigenvalue weighted by molar-refractivity contribution is 5.86. The zero-order valence-electron chi connectivity index (χ0n) is 9.92. The van der Waals surface area contributed by atoms with Crippen LogP contribution < -0.4 is 5.32 Å². The molecule has 7 heteroatoms. The molecule has 102 valence electrons. The van der Waals surface area contributed by atoms with Gasteiger partial charge in [-0.1, -0.05) is 0 Å². The average molecular weight is 259 g/mol. The van der Waals surface area contributed by atoms with Crippen LogP contribution in [0.3, 0.4) is 0 Å². The lowest BCUT2D eigenvalue weighted by atomic mass is 10.1. The van der Waals surface area contributed by atoms with E-state index in [1.807, 2.05) is 0 Å². The Morgan fingerprint density at radius 2 is 2.06 bits per heavy atom. The number of carboxylic acid groups (broad SMARTS) is 2. The molecule has 0 spiro atoms. The first-order valence-corrected chi connectivity index (χ1v) is 5.84. The number of aliphatic carboxylic acids is 2. The number of carbonyl (C=O) groups is 3. The quantitative estimate of drug-likeness (QED) is 0.592. The lowest BCUT2D eigenvalue weighted by Crippen LogP contribution is -2.42. The van der Waals surface area contributed by atoms with Gasteiger partial charge in [-0.3, -0.25) is 9.59 Å². The van der Waals surface area contributed by atoms with Crippen molar-refractivity contribution in [2.45, 2.75) is 44.2 Å². The van der Waals surface area contributed by atoms with Crippen LogP contribution in [0.2, 0.25) is 0 Å². The molecule has 0 radical (unpaired) electrons. The van der Waals surface area contributed by atoms with Gasteiger partial charge in [0.05, 0.1) is 12.5 Å². The third-order valence-electron chi connectivity index (χ3n) is 2.73. The van der Waals surface area contributed by atoms with Crippen LogP contribution in [0.25, 0.3) is 0 Å². The van der Waals surface area contributed by atoms with E-state index in [1.54, 1.807) is 0 Å². The maximum Gasteiger partial charge on any atom is 0.326 e. The van der Waals surface area contributed by atoms with E-state index in [-0.39, 0.29) is 12.5 Å². The standard InChI is InChI=1S/C11H17NO6/c13-9(4-3-7-2-1-5-18-7)12-8(11(16)17)6-10(14)15/h7-8H,1-6H2,(H,12,13)(H,14,15)(H,16,17)/t7?,8-/m1/s1. The van der Waals surface area contributed by atoms with Gasteiger partial charge >= 0.3 is 11.9 Å². The zero-order chi connectivity index (χ0) is 13.5. The molecule has 1 unspecified atom stereocenters. The van der Waals surface area contributed by atoms with Crippen LogP contribution in [0.5, 0.6) is 0 Å². The summed E-state index contributed by atoms with van der Waals surface area (Å²) < 4.78 is 5.33. The smallest absolute Gasteiger partial charge is 0.326 e. The predicted molar refractivity (Wildman–Crippen MR) is 60.0 cm³/mol. The molecule has 1 fully saturated rings. The van der Waals surface area contributed by atoms with Gasteiger partial charge in [-0.25, -0.2) is 4.79 Å². The van der Waals surface area contributed by atoms with Gasteiger partial charge in [-0.15, -0.1) is 0 Å². The summed E-state index contributed by atoms with van der Waals surface area (Å²) in [4.78, 5) is 32.6. The number of hydrogen-bond donors (Lipinski definition) is 3. The van der Waals surface area contributed by atoms with Crippen LogP contribution in [0, 0.1) is 0 Å². The Balaban J connectivity index is 2.31. The van der Waals surface area contributed by atoms with Crippen LogP contribution in [0.1, 0.15) is 32.1 Å². The second kappa shape index (κ2) is 6.95. The molecule has 1 rings (SSSR count). The Hall–Kier alpha value is -1.63. The molecule has 1 amide bonds. The van der Waals surface area contributed by atoms with Gasteiger partial charge in [0.25, 0.3) is 0 Å². The Kier molecular flexibility index (Phi) is 5.57. The molecular weight excluding hydrogens is 242 g/mol. The molecule has 7 nitrogen and oxygen atoms in total. The van der Waals surface area contributed by atoms with Gasteiger partial charge in [-0.05, 0) is 19.3 Å². The first-order valence-electron chi connectivity index (χ1n) is 5.84. The minimum absolute atomic E-state index is 0.0542. The number of carbonyl (C=O) groups excluding carboxylic acids is 1. The Labute approximate surface area is 104 Å². The fourth-order valence-corrected chi connectivity index (χ4v) is 1.81. The molecule has 1 heterocycles. The molecule has 0 saturated carbocycles. The average Bonchev–Trinajstić information content (AvgIpc) is 2.77. The molecule has 0 bridgehead atoms. The molecule has 3 N–H and O–H groups in total. The minimum atomic E-state index is -1.38. The van der Waals surface area contributed by atoms with Crippen molar-refractivity contribution in [1.82, 2.24) is 5.32 Å². The van der Waals surface area contributed by atoms with E-state index in [4.69, 9.17) is 14.9 Å². The summed E-state index contributed by atoms with van der Waals surface area (Å²) in [6.45, 7) is 0.697. The van der Waals surface area contributed by atoms with Crippen LogP contribution in [-0.2, 0) is 19.1 Å². The molecular formula is C11H17NO6. The van der Waals surface area contributed by atoms with E-state index >= 15 is 0 Å². The van der Waals surface area contributed by atoms with Crippen molar-refractivity contribution in [2.24, 2.45) is 0 Å². The molecule has 1 saturated heterocycles. The van der Waals surface area contributed by atoms with Gasteiger partial charge in [0.15, 0.2) is 0 Å². The molecule has 1 aliphatic heterocycles. The summed E-state index contributed by atoms with van der Waals surface area (Å²) in [6, 6.07) is -1.38. The van der Waals surface area contributed by atoms with Crippen molar-refractivity contribution in [3.05, 3.63) is 0 Å². The zero-order valence-corrected chi connectivity index (χ0v) is 9.92. The number of hydrogen-bond acceptors (Lipinski definition) is 4. The van der Waals surface area contributed by atoms with Gasteiger partial charge in [0.2, 0.25) is 5.91 Å². The van der Waals surface area contributed by atoms with Gasteiger partial charge in [-0.2, -0.15) is 0 Å².